The molecule has 0 saturated carbocycles. The highest BCUT2D eigenvalue weighted by Gasteiger charge is 2.13. The molecule has 3 rings (SSSR count). The number of hydrogen-bond donors (Lipinski definition) is 1. The van der Waals surface area contributed by atoms with Crippen molar-refractivity contribution in [3.05, 3.63) is 70.2 Å². The summed E-state index contributed by atoms with van der Waals surface area (Å²) in [7, 11) is 0. The van der Waals surface area contributed by atoms with E-state index in [1.807, 2.05) is 24.3 Å². The lowest BCUT2D eigenvalue weighted by Crippen LogP contribution is -2.30. The Labute approximate surface area is 256 Å². The van der Waals surface area contributed by atoms with Gasteiger partial charge in [-0.1, -0.05) is 101 Å². The zero-order chi connectivity index (χ0) is 30.0. The fourth-order valence-electron chi connectivity index (χ4n) is 4.96. The van der Waals surface area contributed by atoms with Crippen molar-refractivity contribution in [2.75, 3.05) is 18.5 Å². The number of rotatable bonds is 21. The van der Waals surface area contributed by atoms with E-state index in [1.54, 1.807) is 29.5 Å². The number of amides is 1. The van der Waals surface area contributed by atoms with E-state index in [2.05, 4.69) is 35.4 Å². The third-order valence-electron chi connectivity index (χ3n) is 7.25. The molecule has 1 amide bonds. The minimum atomic E-state index is -0.261. The summed E-state index contributed by atoms with van der Waals surface area (Å²) in [6.45, 7) is 7.04. The molecule has 1 N–H and O–H groups in total. The lowest BCUT2D eigenvalue weighted by Gasteiger charge is -2.13. The lowest BCUT2D eigenvalue weighted by atomic mass is 10.1. The van der Waals surface area contributed by atoms with Crippen molar-refractivity contribution < 1.29 is 23.6 Å². The van der Waals surface area contributed by atoms with Crippen LogP contribution in [0.1, 0.15) is 112 Å². The van der Waals surface area contributed by atoms with Gasteiger partial charge < -0.3 is 14.8 Å². The smallest absolute Gasteiger partial charge is 0.262 e. The maximum Gasteiger partial charge on any atom is 0.262 e. The number of hydrogen-bond acceptors (Lipinski definition) is 5. The van der Waals surface area contributed by atoms with Crippen LogP contribution in [0.3, 0.4) is 0 Å². The third kappa shape index (κ3) is 12.8. The predicted octanol–water partition coefficient (Wildman–Crippen LogP) is 8.69. The van der Waals surface area contributed by atoms with Crippen molar-refractivity contribution in [2.45, 2.75) is 104 Å². The van der Waals surface area contributed by atoms with Crippen molar-refractivity contribution >= 4 is 28.7 Å². The summed E-state index contributed by atoms with van der Waals surface area (Å²) < 4.78 is 13.8. The van der Waals surface area contributed by atoms with E-state index in [0.29, 0.717) is 23.7 Å². The van der Waals surface area contributed by atoms with Gasteiger partial charge in [0.1, 0.15) is 11.5 Å². The number of unbranched alkanes of at least 4 members (excludes halogenated alkanes) is 11. The molecule has 0 radical (unpaired) electrons. The van der Waals surface area contributed by atoms with Crippen LogP contribution in [0.4, 0.5) is 5.69 Å². The Hall–Kier alpha value is -3.19. The number of ether oxygens (including phenoxy) is 2. The topological polar surface area (TPSA) is 68.5 Å². The first-order chi connectivity index (χ1) is 20.4. The van der Waals surface area contributed by atoms with Gasteiger partial charge in [0.25, 0.3) is 5.91 Å². The van der Waals surface area contributed by atoms with Gasteiger partial charge in [0.15, 0.2) is 25.1 Å². The van der Waals surface area contributed by atoms with Crippen LogP contribution >= 0.6 is 11.3 Å². The standard InChI is InChI=1S/C35H48N2O4S/c1-4-5-6-7-8-9-10-11-12-13-14-15-21-40-34-20-19-32(23-33(34)29(3)38)41-26-35(39)36-31-18-16-17-30(22-31)25-37-24-28(2)42-27-37/h16-20,22-24,27H,4-15,21,25-26H2,1-3H3/p+1. The van der Waals surface area contributed by atoms with E-state index in [0.717, 1.165) is 30.6 Å². The molecule has 0 unspecified atom stereocenters. The summed E-state index contributed by atoms with van der Waals surface area (Å²) >= 11 is 1.70. The first-order valence-electron chi connectivity index (χ1n) is 15.7. The molecular formula is C35H49N2O4S+. The van der Waals surface area contributed by atoms with Crippen molar-refractivity contribution in [3.8, 4) is 11.5 Å². The summed E-state index contributed by atoms with van der Waals surface area (Å²) in [6, 6.07) is 13.0. The second-order valence-electron chi connectivity index (χ2n) is 11.1. The molecule has 42 heavy (non-hydrogen) atoms. The van der Waals surface area contributed by atoms with Gasteiger partial charge in [-0.15, -0.1) is 0 Å². The maximum absolute atomic E-state index is 12.6. The Morgan fingerprint density at radius 1 is 0.857 bits per heavy atom. The van der Waals surface area contributed by atoms with Gasteiger partial charge in [0.2, 0.25) is 5.51 Å². The minimum absolute atomic E-state index is 0.0925. The number of carbonyl (C=O) groups is 2. The molecule has 1 heterocycles. The Kier molecular flexibility index (Phi) is 15.1. The number of benzene rings is 2. The number of aromatic nitrogens is 1. The third-order valence-corrected chi connectivity index (χ3v) is 8.11. The fraction of sp³-hybridized carbons (Fsp3) is 0.514. The number of thiazole rings is 1. The molecule has 0 aliphatic heterocycles. The summed E-state index contributed by atoms with van der Waals surface area (Å²) in [4.78, 5) is 26.1. The quantitative estimate of drug-likeness (QED) is 0.0762. The summed E-state index contributed by atoms with van der Waals surface area (Å²) in [5.74, 6) is 0.678. The molecule has 0 spiro atoms. The summed E-state index contributed by atoms with van der Waals surface area (Å²) in [5, 5.41) is 2.90. The van der Waals surface area contributed by atoms with Gasteiger partial charge in [-0.3, -0.25) is 9.59 Å². The zero-order valence-electron chi connectivity index (χ0n) is 25.8. The van der Waals surface area contributed by atoms with Crippen LogP contribution < -0.4 is 19.4 Å². The molecule has 0 aliphatic carbocycles. The molecule has 0 atom stereocenters. The van der Waals surface area contributed by atoms with E-state index in [1.165, 1.54) is 76.0 Å². The second-order valence-corrected chi connectivity index (χ2v) is 12.2. The maximum atomic E-state index is 12.6. The van der Waals surface area contributed by atoms with Crippen molar-refractivity contribution in [2.24, 2.45) is 0 Å². The normalized spacial score (nSPS) is 10.9. The summed E-state index contributed by atoms with van der Waals surface area (Å²) in [6.07, 6.45) is 17.6. The number of nitrogens with one attached hydrogen (secondary N) is 1. The van der Waals surface area contributed by atoms with Crippen LogP contribution in [0.5, 0.6) is 11.5 Å². The van der Waals surface area contributed by atoms with Gasteiger partial charge in [-0.25, -0.2) is 0 Å². The van der Waals surface area contributed by atoms with Gasteiger partial charge in [-0.05, 0) is 50.6 Å². The first-order valence-corrected chi connectivity index (χ1v) is 16.6. The van der Waals surface area contributed by atoms with E-state index < -0.39 is 0 Å². The largest absolute Gasteiger partial charge is 0.493 e. The van der Waals surface area contributed by atoms with E-state index in [9.17, 15) is 9.59 Å². The molecular weight excluding hydrogens is 544 g/mol. The number of anilines is 1. The Bertz CT molecular complexity index is 1240. The molecule has 228 valence electrons. The molecule has 6 nitrogen and oxygen atoms in total. The fourth-order valence-corrected chi connectivity index (χ4v) is 5.59. The van der Waals surface area contributed by atoms with Gasteiger partial charge in [0.05, 0.1) is 17.0 Å². The molecule has 0 bridgehead atoms. The van der Waals surface area contributed by atoms with Crippen LogP contribution in [0, 0.1) is 6.92 Å². The number of ketones is 1. The van der Waals surface area contributed by atoms with E-state index >= 15 is 0 Å². The SMILES string of the molecule is CCCCCCCCCCCCCCOc1ccc(OCC(=O)Nc2cccc(C[n+]3csc(C)c3)c2)cc1C(C)=O. The second kappa shape index (κ2) is 19.1. The molecule has 1 aromatic heterocycles. The van der Waals surface area contributed by atoms with Crippen molar-refractivity contribution in [1.82, 2.24) is 0 Å². The highest BCUT2D eigenvalue weighted by Crippen LogP contribution is 2.25. The molecule has 0 fully saturated rings. The van der Waals surface area contributed by atoms with E-state index in [-0.39, 0.29) is 18.3 Å². The number of nitrogens with zero attached hydrogens (tertiary/aromatic N) is 1. The van der Waals surface area contributed by atoms with Crippen LogP contribution in [-0.4, -0.2) is 24.9 Å². The monoisotopic (exact) mass is 593 g/mol. The Balaban J connectivity index is 1.35. The van der Waals surface area contributed by atoms with Gasteiger partial charge in [0, 0.05) is 11.3 Å². The zero-order valence-corrected chi connectivity index (χ0v) is 26.6. The number of Topliss-reactive ketones (excluding diaryl/α,β-unsaturated/α-hetero) is 1. The molecule has 3 aromatic rings. The van der Waals surface area contributed by atoms with Crippen LogP contribution in [-0.2, 0) is 11.3 Å². The highest BCUT2D eigenvalue weighted by atomic mass is 32.1. The van der Waals surface area contributed by atoms with Crippen molar-refractivity contribution in [3.63, 3.8) is 0 Å². The Morgan fingerprint density at radius 2 is 1.55 bits per heavy atom. The molecule has 2 aromatic carbocycles. The van der Waals surface area contributed by atoms with Gasteiger partial charge in [-0.2, -0.15) is 4.57 Å². The Morgan fingerprint density at radius 3 is 2.19 bits per heavy atom. The van der Waals surface area contributed by atoms with Crippen molar-refractivity contribution in [1.29, 1.82) is 0 Å². The summed E-state index contributed by atoms with van der Waals surface area (Å²) in [5.41, 5.74) is 4.38. The van der Waals surface area contributed by atoms with Gasteiger partial charge >= 0.3 is 0 Å². The minimum Gasteiger partial charge on any atom is -0.493 e. The molecule has 7 heteroatoms. The van der Waals surface area contributed by atoms with E-state index in [4.69, 9.17) is 9.47 Å². The number of aryl methyl sites for hydroxylation is 1. The lowest BCUT2D eigenvalue weighted by molar-refractivity contribution is -0.683. The average molecular weight is 594 g/mol. The first kappa shape index (κ1) is 33.3. The van der Waals surface area contributed by atoms with Crippen LogP contribution in [0.25, 0.3) is 0 Å². The predicted molar refractivity (Wildman–Crippen MR) is 172 cm³/mol. The highest BCUT2D eigenvalue weighted by molar-refractivity contribution is 7.09. The molecule has 0 saturated heterocycles. The molecule has 0 aliphatic rings. The average Bonchev–Trinajstić information content (AvgIpc) is 3.38. The number of carbonyl (C=O) groups excluding carboxylic acids is 2. The van der Waals surface area contributed by atoms with Crippen LogP contribution in [0.2, 0.25) is 0 Å². The van der Waals surface area contributed by atoms with Crippen LogP contribution in [0.15, 0.2) is 54.2 Å².